The average molecular weight is 501 g/mol. The minimum atomic E-state index is -0.355. The van der Waals surface area contributed by atoms with E-state index in [0.29, 0.717) is 35.3 Å². The number of rotatable bonds is 8. The molecule has 0 saturated heterocycles. The van der Waals surface area contributed by atoms with Gasteiger partial charge in [0, 0.05) is 29.9 Å². The summed E-state index contributed by atoms with van der Waals surface area (Å²) in [6, 6.07) is 9.32. The number of ether oxygens (including phenoxy) is 3. The zero-order valence-corrected chi connectivity index (χ0v) is 22.9. The standard InChI is InChI=1S/C32H36O5/c1-20(2)8-10-24-17-26-27(33)18-29(22-11-13-28-23(16-22)14-15-32(5,6)37-28)36-31(26)25(12-9-21(3)4)30(24)35-19-34-7/h8-9,11,13-18H,10,12,19H2,1-7H3. The van der Waals surface area contributed by atoms with Crippen molar-refractivity contribution in [3.63, 3.8) is 0 Å². The predicted molar refractivity (Wildman–Crippen MR) is 150 cm³/mol. The van der Waals surface area contributed by atoms with Crippen molar-refractivity contribution < 1.29 is 18.6 Å². The lowest BCUT2D eigenvalue weighted by atomic mass is 9.97. The van der Waals surface area contributed by atoms with Crippen LogP contribution in [0.4, 0.5) is 0 Å². The smallest absolute Gasteiger partial charge is 0.193 e. The Balaban J connectivity index is 1.93. The van der Waals surface area contributed by atoms with Crippen LogP contribution in [-0.2, 0) is 17.6 Å². The Morgan fingerprint density at radius 2 is 1.73 bits per heavy atom. The molecule has 2 heterocycles. The van der Waals surface area contributed by atoms with Crippen LogP contribution in [0.2, 0.25) is 0 Å². The summed E-state index contributed by atoms with van der Waals surface area (Å²) in [5.74, 6) is 2.02. The van der Waals surface area contributed by atoms with Crippen LogP contribution in [0.3, 0.4) is 0 Å². The Bertz CT molecular complexity index is 1460. The van der Waals surface area contributed by atoms with Crippen molar-refractivity contribution in [3.8, 4) is 22.8 Å². The summed E-state index contributed by atoms with van der Waals surface area (Å²) in [7, 11) is 1.60. The van der Waals surface area contributed by atoms with Crippen molar-refractivity contribution in [2.75, 3.05) is 13.9 Å². The van der Waals surface area contributed by atoms with Gasteiger partial charge in [0.1, 0.15) is 28.4 Å². The summed E-state index contributed by atoms with van der Waals surface area (Å²) in [6.07, 6.45) is 9.55. The first-order valence-electron chi connectivity index (χ1n) is 12.6. The maximum atomic E-state index is 13.5. The van der Waals surface area contributed by atoms with E-state index in [9.17, 15) is 4.79 Å². The normalized spacial score (nSPS) is 13.6. The van der Waals surface area contributed by atoms with Gasteiger partial charge in [-0.1, -0.05) is 29.4 Å². The minimum Gasteiger partial charge on any atom is -0.483 e. The van der Waals surface area contributed by atoms with E-state index in [1.807, 2.05) is 50.3 Å². The molecule has 0 amide bonds. The number of hydrogen-bond acceptors (Lipinski definition) is 5. The van der Waals surface area contributed by atoms with Crippen LogP contribution in [0.25, 0.3) is 28.4 Å². The van der Waals surface area contributed by atoms with Gasteiger partial charge in [-0.3, -0.25) is 4.79 Å². The quantitative estimate of drug-likeness (QED) is 0.235. The van der Waals surface area contributed by atoms with E-state index >= 15 is 0 Å². The highest BCUT2D eigenvalue weighted by Gasteiger charge is 2.23. The summed E-state index contributed by atoms with van der Waals surface area (Å²) in [4.78, 5) is 13.5. The second-order valence-corrected chi connectivity index (χ2v) is 10.5. The molecular weight excluding hydrogens is 464 g/mol. The molecule has 2 aromatic carbocycles. The van der Waals surface area contributed by atoms with E-state index in [2.05, 4.69) is 39.8 Å². The molecule has 1 aromatic heterocycles. The third kappa shape index (κ3) is 6.05. The van der Waals surface area contributed by atoms with Crippen LogP contribution < -0.4 is 14.9 Å². The van der Waals surface area contributed by atoms with Gasteiger partial charge >= 0.3 is 0 Å². The summed E-state index contributed by atoms with van der Waals surface area (Å²) in [6.45, 7) is 12.4. The lowest BCUT2D eigenvalue weighted by Crippen LogP contribution is -2.27. The molecule has 0 radical (unpaired) electrons. The van der Waals surface area contributed by atoms with Crippen molar-refractivity contribution in [3.05, 3.63) is 86.6 Å². The fourth-order valence-corrected chi connectivity index (χ4v) is 4.33. The second-order valence-electron chi connectivity index (χ2n) is 10.5. The predicted octanol–water partition coefficient (Wildman–Crippen LogP) is 7.64. The Kier molecular flexibility index (Phi) is 7.74. The zero-order valence-electron chi connectivity index (χ0n) is 22.9. The molecule has 0 unspecified atom stereocenters. The van der Waals surface area contributed by atoms with Gasteiger partial charge in [-0.05, 0) is 90.3 Å². The molecule has 0 bridgehead atoms. The highest BCUT2D eigenvalue weighted by Crippen LogP contribution is 2.37. The summed E-state index contributed by atoms with van der Waals surface area (Å²) < 4.78 is 23.9. The summed E-state index contributed by atoms with van der Waals surface area (Å²) in [5.41, 5.74) is 6.00. The molecule has 0 atom stereocenters. The largest absolute Gasteiger partial charge is 0.483 e. The third-order valence-electron chi connectivity index (χ3n) is 6.24. The summed E-state index contributed by atoms with van der Waals surface area (Å²) in [5, 5.41) is 0.547. The lowest BCUT2D eigenvalue weighted by Gasteiger charge is -2.28. The lowest BCUT2D eigenvalue weighted by molar-refractivity contribution is 0.0499. The molecule has 5 heteroatoms. The zero-order chi connectivity index (χ0) is 26.7. The Labute approximate surface area is 219 Å². The second kappa shape index (κ2) is 10.8. The van der Waals surface area contributed by atoms with E-state index in [-0.39, 0.29) is 17.8 Å². The van der Waals surface area contributed by atoms with Gasteiger partial charge in [0.15, 0.2) is 12.2 Å². The number of hydrogen-bond donors (Lipinski definition) is 0. The molecular formula is C32H36O5. The van der Waals surface area contributed by atoms with Crippen LogP contribution >= 0.6 is 0 Å². The van der Waals surface area contributed by atoms with Gasteiger partial charge in [0.25, 0.3) is 0 Å². The van der Waals surface area contributed by atoms with Crippen molar-refractivity contribution in [2.45, 2.75) is 60.0 Å². The Morgan fingerprint density at radius 3 is 2.43 bits per heavy atom. The van der Waals surface area contributed by atoms with Gasteiger partial charge in [0.2, 0.25) is 0 Å². The van der Waals surface area contributed by atoms with E-state index in [4.69, 9.17) is 18.6 Å². The first kappa shape index (κ1) is 26.5. The van der Waals surface area contributed by atoms with Gasteiger partial charge < -0.3 is 18.6 Å². The van der Waals surface area contributed by atoms with Gasteiger partial charge in [0.05, 0.1) is 5.39 Å². The maximum absolute atomic E-state index is 13.5. The van der Waals surface area contributed by atoms with Crippen LogP contribution in [0.1, 0.15) is 58.2 Å². The molecule has 0 N–H and O–H groups in total. The molecule has 0 spiro atoms. The fraction of sp³-hybridized carbons (Fsp3) is 0.344. The fourth-order valence-electron chi connectivity index (χ4n) is 4.33. The van der Waals surface area contributed by atoms with Crippen molar-refractivity contribution in [2.24, 2.45) is 0 Å². The minimum absolute atomic E-state index is 0.0860. The molecule has 5 nitrogen and oxygen atoms in total. The molecule has 4 rings (SSSR count). The molecule has 1 aliphatic rings. The van der Waals surface area contributed by atoms with E-state index in [1.165, 1.54) is 11.1 Å². The highest BCUT2D eigenvalue weighted by atomic mass is 16.7. The average Bonchev–Trinajstić information content (AvgIpc) is 2.84. The van der Waals surface area contributed by atoms with Crippen LogP contribution in [-0.4, -0.2) is 19.5 Å². The maximum Gasteiger partial charge on any atom is 0.193 e. The van der Waals surface area contributed by atoms with Crippen LogP contribution in [0.5, 0.6) is 11.5 Å². The highest BCUT2D eigenvalue weighted by molar-refractivity contribution is 5.86. The molecule has 1 aliphatic heterocycles. The van der Waals surface area contributed by atoms with E-state index in [0.717, 1.165) is 28.0 Å². The molecule has 3 aromatic rings. The van der Waals surface area contributed by atoms with Gasteiger partial charge in [-0.15, -0.1) is 0 Å². The molecule has 0 aliphatic carbocycles. The van der Waals surface area contributed by atoms with E-state index in [1.54, 1.807) is 13.2 Å². The molecule has 194 valence electrons. The third-order valence-corrected chi connectivity index (χ3v) is 6.24. The van der Waals surface area contributed by atoms with Crippen molar-refractivity contribution >= 4 is 17.0 Å². The molecule has 0 saturated carbocycles. The van der Waals surface area contributed by atoms with Gasteiger partial charge in [-0.25, -0.2) is 0 Å². The molecule has 37 heavy (non-hydrogen) atoms. The SMILES string of the molecule is COCOc1c(CC=C(C)C)cc2c(=O)cc(-c3ccc4c(c3)C=CC(C)(C)O4)oc2c1CC=C(C)C. The first-order valence-corrected chi connectivity index (χ1v) is 12.6. The molecule has 0 fully saturated rings. The van der Waals surface area contributed by atoms with Crippen molar-refractivity contribution in [1.82, 2.24) is 0 Å². The summed E-state index contributed by atoms with van der Waals surface area (Å²) >= 11 is 0. The number of allylic oxidation sites excluding steroid dienone is 4. The first-order chi connectivity index (χ1) is 17.6. The van der Waals surface area contributed by atoms with Crippen LogP contribution in [0.15, 0.2) is 68.9 Å². The van der Waals surface area contributed by atoms with E-state index < -0.39 is 0 Å². The monoisotopic (exact) mass is 500 g/mol. The number of benzene rings is 2. The Hall–Kier alpha value is -3.57. The van der Waals surface area contributed by atoms with Crippen molar-refractivity contribution in [1.29, 1.82) is 0 Å². The number of fused-ring (bicyclic) bond motifs is 2. The topological polar surface area (TPSA) is 57.9 Å². The Morgan fingerprint density at radius 1 is 1.00 bits per heavy atom. The number of methoxy groups -OCH3 is 1. The van der Waals surface area contributed by atoms with Crippen LogP contribution in [0, 0.1) is 0 Å². The van der Waals surface area contributed by atoms with Gasteiger partial charge in [-0.2, -0.15) is 0 Å².